The zero-order valence-corrected chi connectivity index (χ0v) is 9.52. The summed E-state index contributed by atoms with van der Waals surface area (Å²) >= 11 is 0. The fraction of sp³-hybridized carbons (Fsp3) is 0.455. The number of benzene rings is 1. The van der Waals surface area contributed by atoms with Crippen LogP contribution in [-0.2, 0) is 9.84 Å². The summed E-state index contributed by atoms with van der Waals surface area (Å²) in [4.78, 5) is 0.208. The summed E-state index contributed by atoms with van der Waals surface area (Å²) in [6, 6.07) is 8.06. The monoisotopic (exact) mass is 242 g/mol. The van der Waals surface area contributed by atoms with Gasteiger partial charge in [-0.1, -0.05) is 18.2 Å². The van der Waals surface area contributed by atoms with Crippen LogP contribution in [-0.4, -0.2) is 36.6 Å². The van der Waals surface area contributed by atoms with E-state index in [0.717, 1.165) is 0 Å². The van der Waals surface area contributed by atoms with Gasteiger partial charge in [0.1, 0.15) is 4.75 Å². The highest BCUT2D eigenvalue weighted by atomic mass is 32.2. The molecule has 0 heterocycles. The third-order valence-electron chi connectivity index (χ3n) is 3.25. The Morgan fingerprint density at radius 1 is 1.25 bits per heavy atom. The molecule has 5 heteroatoms. The summed E-state index contributed by atoms with van der Waals surface area (Å²) in [5.41, 5.74) is 0. The minimum atomic E-state index is -3.55. The first-order valence-corrected chi connectivity index (χ1v) is 6.58. The van der Waals surface area contributed by atoms with Gasteiger partial charge < -0.3 is 10.2 Å². The number of aliphatic hydroxyl groups is 2. The molecule has 4 nitrogen and oxygen atoms in total. The van der Waals surface area contributed by atoms with Crippen LogP contribution in [0.1, 0.15) is 6.42 Å². The van der Waals surface area contributed by atoms with Crippen LogP contribution in [0.4, 0.5) is 0 Å². The van der Waals surface area contributed by atoms with Crippen molar-refractivity contribution in [2.75, 3.05) is 13.2 Å². The second kappa shape index (κ2) is 3.84. The first kappa shape index (κ1) is 11.6. The van der Waals surface area contributed by atoms with Gasteiger partial charge in [0.2, 0.25) is 0 Å². The number of rotatable bonds is 4. The molecule has 1 fully saturated rings. The molecule has 0 unspecified atom stereocenters. The van der Waals surface area contributed by atoms with Gasteiger partial charge in [0.05, 0.1) is 11.5 Å². The van der Waals surface area contributed by atoms with E-state index in [2.05, 4.69) is 0 Å². The molecule has 0 saturated heterocycles. The SMILES string of the molecule is O=S(=O)(c1ccccc1)[C@]1(CO)C[C@H]1CO. The molecule has 0 spiro atoms. The van der Waals surface area contributed by atoms with Crippen LogP contribution >= 0.6 is 0 Å². The summed E-state index contributed by atoms with van der Waals surface area (Å²) in [6.45, 7) is -0.637. The third-order valence-corrected chi connectivity index (χ3v) is 5.84. The zero-order valence-electron chi connectivity index (χ0n) is 8.70. The van der Waals surface area contributed by atoms with E-state index in [0.29, 0.717) is 6.42 Å². The molecule has 0 bridgehead atoms. The maximum Gasteiger partial charge on any atom is 0.186 e. The van der Waals surface area contributed by atoms with Crippen LogP contribution in [0.15, 0.2) is 35.2 Å². The Balaban J connectivity index is 2.41. The number of aliphatic hydroxyl groups excluding tert-OH is 2. The second-order valence-corrected chi connectivity index (χ2v) is 6.41. The Hall–Kier alpha value is -0.910. The van der Waals surface area contributed by atoms with Crippen molar-refractivity contribution in [3.05, 3.63) is 30.3 Å². The molecule has 1 aromatic carbocycles. The molecular formula is C11H14O4S. The summed E-state index contributed by atoms with van der Waals surface area (Å²) in [6.07, 6.45) is 0.331. The molecule has 1 aromatic rings. The minimum absolute atomic E-state index is 0.202. The predicted octanol–water partition coefficient (Wildman–Crippen LogP) is 0.204. The lowest BCUT2D eigenvalue weighted by molar-refractivity contribution is 0.238. The Labute approximate surface area is 94.5 Å². The highest BCUT2D eigenvalue weighted by Gasteiger charge is 2.63. The number of hydrogen-bond donors (Lipinski definition) is 2. The highest BCUT2D eigenvalue weighted by Crippen LogP contribution is 2.51. The Bertz CT molecular complexity index is 468. The molecule has 0 amide bonds. The largest absolute Gasteiger partial charge is 0.396 e. The van der Waals surface area contributed by atoms with Crippen molar-refractivity contribution < 1.29 is 18.6 Å². The van der Waals surface area contributed by atoms with E-state index in [4.69, 9.17) is 5.11 Å². The van der Waals surface area contributed by atoms with Gasteiger partial charge in [-0.2, -0.15) is 0 Å². The smallest absolute Gasteiger partial charge is 0.186 e. The van der Waals surface area contributed by atoms with Crippen LogP contribution in [0.3, 0.4) is 0 Å². The van der Waals surface area contributed by atoms with Crippen LogP contribution in [0.2, 0.25) is 0 Å². The average molecular weight is 242 g/mol. The minimum Gasteiger partial charge on any atom is -0.396 e. The maximum absolute atomic E-state index is 12.2. The van der Waals surface area contributed by atoms with E-state index >= 15 is 0 Å². The standard InChI is InChI=1S/C11H14O4S/c12-7-9-6-11(9,8-13)16(14,15)10-4-2-1-3-5-10/h1-5,9,12-13H,6-8H2/t9-,11-/m0/s1. The van der Waals surface area contributed by atoms with E-state index in [1.807, 2.05) is 0 Å². The van der Waals surface area contributed by atoms with E-state index in [9.17, 15) is 13.5 Å². The molecule has 1 aliphatic carbocycles. The fourth-order valence-corrected chi connectivity index (χ4v) is 4.12. The van der Waals surface area contributed by atoms with Gasteiger partial charge >= 0.3 is 0 Å². The predicted molar refractivity (Wildman–Crippen MR) is 58.6 cm³/mol. The summed E-state index contributed by atoms with van der Waals surface area (Å²) in [7, 11) is -3.55. The first-order chi connectivity index (χ1) is 7.58. The quantitative estimate of drug-likeness (QED) is 0.791. The van der Waals surface area contributed by atoms with Crippen LogP contribution in [0.5, 0.6) is 0 Å². The third kappa shape index (κ3) is 1.47. The fourth-order valence-electron chi connectivity index (χ4n) is 2.03. The Morgan fingerprint density at radius 2 is 1.88 bits per heavy atom. The van der Waals surface area contributed by atoms with Gasteiger partial charge in [-0.3, -0.25) is 0 Å². The van der Waals surface area contributed by atoms with Crippen LogP contribution in [0.25, 0.3) is 0 Å². The van der Waals surface area contributed by atoms with Crippen molar-refractivity contribution in [3.63, 3.8) is 0 Å². The van der Waals surface area contributed by atoms with Crippen molar-refractivity contribution in [3.8, 4) is 0 Å². The second-order valence-electron chi connectivity index (χ2n) is 4.12. The van der Waals surface area contributed by atoms with Gasteiger partial charge in [-0.25, -0.2) is 8.42 Å². The molecule has 2 rings (SSSR count). The van der Waals surface area contributed by atoms with Crippen molar-refractivity contribution in [1.29, 1.82) is 0 Å². The van der Waals surface area contributed by atoms with Gasteiger partial charge in [-0.15, -0.1) is 0 Å². The molecule has 0 aromatic heterocycles. The number of sulfone groups is 1. The molecule has 2 atom stereocenters. The molecule has 16 heavy (non-hydrogen) atoms. The topological polar surface area (TPSA) is 74.6 Å². The van der Waals surface area contributed by atoms with Gasteiger partial charge in [-0.05, 0) is 18.6 Å². The lowest BCUT2D eigenvalue weighted by atomic mass is 10.3. The Kier molecular flexibility index (Phi) is 2.77. The van der Waals surface area contributed by atoms with E-state index in [1.54, 1.807) is 18.2 Å². The van der Waals surface area contributed by atoms with Crippen molar-refractivity contribution in [2.45, 2.75) is 16.1 Å². The molecule has 0 radical (unpaired) electrons. The van der Waals surface area contributed by atoms with Crippen LogP contribution in [0, 0.1) is 5.92 Å². The molecule has 1 saturated carbocycles. The van der Waals surface area contributed by atoms with Gasteiger partial charge in [0, 0.05) is 12.5 Å². The lowest BCUT2D eigenvalue weighted by Crippen LogP contribution is -2.30. The first-order valence-electron chi connectivity index (χ1n) is 5.10. The highest BCUT2D eigenvalue weighted by molar-refractivity contribution is 7.93. The van der Waals surface area contributed by atoms with Gasteiger partial charge in [0.25, 0.3) is 0 Å². The normalized spacial score (nSPS) is 29.0. The zero-order chi connectivity index (χ0) is 11.8. The molecular weight excluding hydrogens is 228 g/mol. The average Bonchev–Trinajstić information content (AvgIpc) is 3.05. The van der Waals surface area contributed by atoms with E-state index in [-0.39, 0.29) is 17.4 Å². The van der Waals surface area contributed by atoms with Crippen molar-refractivity contribution >= 4 is 9.84 Å². The van der Waals surface area contributed by atoms with Gasteiger partial charge in [0.15, 0.2) is 9.84 Å². The van der Waals surface area contributed by atoms with Crippen molar-refractivity contribution in [1.82, 2.24) is 0 Å². The molecule has 2 N–H and O–H groups in total. The van der Waals surface area contributed by atoms with E-state index < -0.39 is 21.2 Å². The maximum atomic E-state index is 12.2. The Morgan fingerprint density at radius 3 is 2.31 bits per heavy atom. The molecule has 88 valence electrons. The van der Waals surface area contributed by atoms with Crippen molar-refractivity contribution in [2.24, 2.45) is 5.92 Å². The number of hydrogen-bond acceptors (Lipinski definition) is 4. The lowest BCUT2D eigenvalue weighted by Gasteiger charge is -2.15. The molecule has 0 aliphatic heterocycles. The van der Waals surface area contributed by atoms with Crippen LogP contribution < -0.4 is 0 Å². The van der Waals surface area contributed by atoms with E-state index in [1.165, 1.54) is 12.1 Å². The molecule has 1 aliphatic rings. The summed E-state index contributed by atoms with van der Waals surface area (Å²) < 4.78 is 23.3. The summed E-state index contributed by atoms with van der Waals surface area (Å²) in [5.74, 6) is -0.345. The summed E-state index contributed by atoms with van der Waals surface area (Å²) in [5, 5.41) is 18.3.